The zero-order chi connectivity index (χ0) is 58.5. The molecule has 0 spiro atoms. The Hall–Kier alpha value is -7.06. The summed E-state index contributed by atoms with van der Waals surface area (Å²) < 4.78 is 0. The molecule has 1 heterocycles. The van der Waals surface area contributed by atoms with Crippen LogP contribution in [-0.2, 0) is 64.0 Å². The lowest BCUT2D eigenvalue weighted by Gasteiger charge is -2.29. The summed E-state index contributed by atoms with van der Waals surface area (Å²) in [6.07, 6.45) is -0.870. The molecule has 0 saturated carbocycles. The molecule has 0 bridgehead atoms. The van der Waals surface area contributed by atoms with Gasteiger partial charge in [0, 0.05) is 46.4 Å². The molecular weight excluding hydrogens is 1110 g/mol. The number of halogens is 2. The number of phenols is 1. The fraction of sp³-hybridized carbons (Fsp3) is 0.370. The average Bonchev–Trinajstić information content (AvgIpc) is 3.42. The summed E-state index contributed by atoms with van der Waals surface area (Å²) in [6, 6.07) is 14.1. The van der Waals surface area contributed by atoms with Crippen LogP contribution in [-0.4, -0.2) is 136 Å². The lowest BCUT2D eigenvalue weighted by molar-refractivity contribution is -0.136. The minimum atomic E-state index is -1.77. The first-order valence-electron chi connectivity index (χ1n) is 25.4. The van der Waals surface area contributed by atoms with Crippen LogP contribution in [0.1, 0.15) is 65.2 Å². The van der Waals surface area contributed by atoms with Gasteiger partial charge in [-0.25, -0.2) is 4.99 Å². The summed E-state index contributed by atoms with van der Waals surface area (Å²) in [5.74, 6) is -8.96. The highest BCUT2D eigenvalue weighted by Crippen LogP contribution is 2.25. The Morgan fingerprint density at radius 2 is 1.18 bits per heavy atom. The van der Waals surface area contributed by atoms with Crippen molar-refractivity contribution in [1.29, 1.82) is 0 Å². The molecule has 1 aliphatic rings. The molecule has 26 heteroatoms. The van der Waals surface area contributed by atoms with Crippen molar-refractivity contribution in [2.24, 2.45) is 27.9 Å². The highest BCUT2D eigenvalue weighted by Gasteiger charge is 2.36. The third kappa shape index (κ3) is 20.6. The van der Waals surface area contributed by atoms with Crippen LogP contribution in [0.15, 0.2) is 102 Å². The Balaban J connectivity index is 1.60. The van der Waals surface area contributed by atoms with Crippen molar-refractivity contribution >= 4 is 104 Å². The molecule has 0 unspecified atom stereocenters. The lowest BCUT2D eigenvalue weighted by atomic mass is 10.00. The maximum Gasteiger partial charge on any atom is 0.269 e. The molecule has 0 radical (unpaired) electrons. The van der Waals surface area contributed by atoms with E-state index in [1.807, 2.05) is 0 Å². The second kappa shape index (κ2) is 31.7. The summed E-state index contributed by atoms with van der Waals surface area (Å²) in [5.41, 5.74) is 25.1. The molecule has 4 aromatic carbocycles. The Labute approximate surface area is 479 Å². The molecule has 1 fully saturated rings. The van der Waals surface area contributed by atoms with Gasteiger partial charge < -0.3 is 65.0 Å². The number of nitrogens with two attached hydrogens (primary N) is 4. The van der Waals surface area contributed by atoms with Gasteiger partial charge in [0.05, 0.1) is 12.1 Å². The highest BCUT2D eigenvalue weighted by atomic mass is 35.5. The summed E-state index contributed by atoms with van der Waals surface area (Å²) in [7, 11) is 1.88. The summed E-state index contributed by atoms with van der Waals surface area (Å²) >= 11 is 12.3. The molecular formula is C54H65Cl2N11O11S2. The lowest BCUT2D eigenvalue weighted by Crippen LogP contribution is -2.61. The van der Waals surface area contributed by atoms with Crippen LogP contribution in [0.5, 0.6) is 5.75 Å². The van der Waals surface area contributed by atoms with Crippen LogP contribution >= 0.6 is 44.8 Å². The van der Waals surface area contributed by atoms with Gasteiger partial charge in [0.1, 0.15) is 47.7 Å². The van der Waals surface area contributed by atoms with Crippen molar-refractivity contribution in [1.82, 2.24) is 31.9 Å². The molecule has 1 saturated heterocycles. The first-order chi connectivity index (χ1) is 38.1. The van der Waals surface area contributed by atoms with Gasteiger partial charge in [-0.2, -0.15) is 0 Å². The number of aliphatic hydroxyl groups excluding tert-OH is 1. The normalized spacial score (nSPS) is 20.8. The van der Waals surface area contributed by atoms with Gasteiger partial charge in [0.2, 0.25) is 41.4 Å². The average molecular weight is 1180 g/mol. The number of phenolic OH excluding ortho intramolecular Hbond substituents is 1. The fourth-order valence-corrected chi connectivity index (χ4v) is 10.6. The highest BCUT2D eigenvalue weighted by molar-refractivity contribution is 8.76. The maximum absolute atomic E-state index is 14.8. The first-order valence-corrected chi connectivity index (χ1v) is 28.6. The van der Waals surface area contributed by atoms with Gasteiger partial charge >= 0.3 is 0 Å². The minimum absolute atomic E-state index is 0.0218. The van der Waals surface area contributed by atoms with E-state index < -0.39 is 107 Å². The quantitative estimate of drug-likeness (QED) is 0.0355. The zero-order valence-corrected chi connectivity index (χ0v) is 46.7. The van der Waals surface area contributed by atoms with Crippen molar-refractivity contribution in [2.75, 3.05) is 18.1 Å². The Kier molecular flexibility index (Phi) is 25.2. The molecule has 9 amide bonds. The Morgan fingerprint density at radius 1 is 0.662 bits per heavy atom. The van der Waals surface area contributed by atoms with E-state index in [9.17, 15) is 53.4 Å². The van der Waals surface area contributed by atoms with E-state index >= 15 is 0 Å². The van der Waals surface area contributed by atoms with Crippen molar-refractivity contribution < 1.29 is 53.4 Å². The van der Waals surface area contributed by atoms with Gasteiger partial charge in [-0.1, -0.05) is 106 Å². The van der Waals surface area contributed by atoms with Gasteiger partial charge in [0.25, 0.3) is 11.8 Å². The van der Waals surface area contributed by atoms with E-state index in [1.165, 1.54) is 55.5 Å². The van der Waals surface area contributed by atoms with Gasteiger partial charge in [0.15, 0.2) is 0 Å². The van der Waals surface area contributed by atoms with Crippen molar-refractivity contribution in [3.8, 4) is 5.75 Å². The van der Waals surface area contributed by atoms with Gasteiger partial charge in [-0.3, -0.25) is 43.2 Å². The number of nitrogens with zero attached hydrogens (tertiary/aromatic N) is 1. The largest absolute Gasteiger partial charge is 0.508 e. The molecule has 8 atom stereocenters. The number of hydrogen-bond donors (Lipinski definition) is 12. The number of amides is 9. The monoisotopic (exact) mass is 1180 g/mol. The zero-order valence-electron chi connectivity index (χ0n) is 43.5. The maximum atomic E-state index is 14.8. The number of carbonyl (C=O) groups is 9. The van der Waals surface area contributed by atoms with Gasteiger partial charge in [-0.05, 0) is 104 Å². The van der Waals surface area contributed by atoms with Crippen LogP contribution < -0.4 is 54.8 Å². The van der Waals surface area contributed by atoms with Gasteiger partial charge in [-0.15, -0.1) is 0 Å². The molecule has 4 aromatic rings. The summed E-state index contributed by atoms with van der Waals surface area (Å²) in [5, 5.41) is 37.5. The third-order valence-corrected chi connectivity index (χ3v) is 15.5. The number of rotatable bonds is 19. The van der Waals surface area contributed by atoms with Crippen molar-refractivity contribution in [3.63, 3.8) is 0 Å². The predicted molar refractivity (Wildman–Crippen MR) is 306 cm³/mol. The van der Waals surface area contributed by atoms with E-state index in [0.717, 1.165) is 21.6 Å². The number of nitrogens with one attached hydrogen (secondary N) is 6. The van der Waals surface area contributed by atoms with E-state index in [2.05, 4.69) is 36.9 Å². The molecule has 16 N–H and O–H groups in total. The Bertz CT molecular complexity index is 2850. The van der Waals surface area contributed by atoms with E-state index in [-0.39, 0.29) is 54.9 Å². The molecule has 5 rings (SSSR count). The SMILES string of the molecule is C[C@@H](O)[C@@H]1NC(=O)[C@H](CCCCCN)NC(=O)[C@@H](Cc2ccc(C(N)=O)cc2)NC(=O)[C@H](Cc2ccc(Cl)cc2)NC(=O)[C@H](NC(=O)[C@@H](N)Cc2ccc(Cl)cc2)CSSC[C@@H](C(=O)N=C(Cc2ccc(O)cc2)C(N)=O)NC1=O. The minimum Gasteiger partial charge on any atom is -0.508 e. The molecule has 80 heavy (non-hydrogen) atoms. The van der Waals surface area contributed by atoms with Crippen LogP contribution in [0.3, 0.4) is 0 Å². The smallest absolute Gasteiger partial charge is 0.269 e. The third-order valence-electron chi connectivity index (χ3n) is 12.5. The number of unbranched alkanes of at least 4 members (excludes halogenated alkanes) is 2. The number of benzene rings is 4. The fourth-order valence-electron chi connectivity index (χ4n) is 8.03. The number of aromatic hydroxyl groups is 1. The first kappa shape index (κ1) is 63.8. The molecule has 22 nitrogen and oxygen atoms in total. The van der Waals surface area contributed by atoms with Crippen molar-refractivity contribution in [3.05, 3.63) is 135 Å². The number of aliphatic imine (C=N–C) groups is 1. The molecule has 0 aromatic heterocycles. The summed E-state index contributed by atoms with van der Waals surface area (Å²) in [6.45, 7) is 1.53. The van der Waals surface area contributed by atoms with Crippen LogP contribution in [0, 0.1) is 0 Å². The van der Waals surface area contributed by atoms with E-state index in [1.54, 1.807) is 48.5 Å². The Morgan fingerprint density at radius 3 is 1.73 bits per heavy atom. The molecule has 1 aliphatic heterocycles. The topological polar surface area (TPSA) is 383 Å². The second-order valence-electron chi connectivity index (χ2n) is 18.9. The standard InChI is InChI=1S/C54H65Cl2N11O11S2/c1-29(68)45-54(78)66-44(52(76)62-40(47(60)71)24-33-12-20-37(69)21-13-33)28-80-79-27-43(65-48(72)38(58)23-30-8-16-35(55)17-9-30)53(77)64-42(26-32-10-18-36(56)19-11-32)51(75)63-41(25-31-6-14-34(15-7-31)46(59)70)50(74)61-39(49(73)67-45)5-3-2-4-22-57/h6-21,29,38-39,41-45,68-69H,2-5,22-28,57-58H2,1H3,(H2,59,70)(H2,60,71)(H,61,74)(H,63,75)(H,64,77)(H,65,72)(H,66,78)(H,67,73)/t29-,38+,39+,41-,42+,43-,44+,45+/m1/s1. The summed E-state index contributed by atoms with van der Waals surface area (Å²) in [4.78, 5) is 129. The van der Waals surface area contributed by atoms with E-state index in [0.29, 0.717) is 58.1 Å². The number of primary amides is 2. The molecule has 0 aliphatic carbocycles. The predicted octanol–water partition coefficient (Wildman–Crippen LogP) is 1.05. The van der Waals surface area contributed by atoms with E-state index in [4.69, 9.17) is 46.1 Å². The number of aliphatic hydroxyl groups is 1. The van der Waals surface area contributed by atoms with Crippen LogP contribution in [0.25, 0.3) is 0 Å². The van der Waals surface area contributed by atoms with Crippen LogP contribution in [0.4, 0.5) is 0 Å². The molecule has 428 valence electrons. The second-order valence-corrected chi connectivity index (χ2v) is 22.3. The number of carbonyl (C=O) groups excluding carboxylic acids is 9. The van der Waals surface area contributed by atoms with Crippen LogP contribution in [0.2, 0.25) is 10.0 Å². The van der Waals surface area contributed by atoms with Crippen molar-refractivity contribution in [2.45, 2.75) is 107 Å². The number of hydrogen-bond acceptors (Lipinski definition) is 15.